The molecule has 0 aliphatic carbocycles. The van der Waals surface area contributed by atoms with Crippen LogP contribution in [-0.2, 0) is 0 Å². The van der Waals surface area contributed by atoms with Gasteiger partial charge in [0.2, 0.25) is 5.76 Å². The quantitative estimate of drug-likeness (QED) is 0.668. The standard InChI is InChI=1S/C22H25N5O3/c1-13-10-26-30-21(13)22(28)27-16-6-7-19(29-17-5-4-8-23-11-17)18(9-16)20-14(2)24-12-25-15(20)3/h6-7,9-10,12,17,23H,4-5,8,11H2,1-3H3,(H,27,28)/t17-/m1/s1. The van der Waals surface area contributed by atoms with E-state index >= 15 is 0 Å². The first-order chi connectivity index (χ1) is 14.5. The number of aryl methyl sites for hydroxylation is 3. The van der Waals surface area contributed by atoms with Gasteiger partial charge in [-0.15, -0.1) is 0 Å². The molecule has 2 N–H and O–H groups in total. The molecule has 0 saturated carbocycles. The lowest BCUT2D eigenvalue weighted by atomic mass is 10.0. The molecule has 0 bridgehead atoms. The fourth-order valence-corrected chi connectivity index (χ4v) is 3.69. The maximum absolute atomic E-state index is 12.6. The second-order valence-electron chi connectivity index (χ2n) is 7.51. The number of anilines is 1. The number of hydrogen-bond donors (Lipinski definition) is 2. The van der Waals surface area contributed by atoms with Gasteiger partial charge in [0.25, 0.3) is 5.91 Å². The van der Waals surface area contributed by atoms with Gasteiger partial charge in [0.15, 0.2) is 0 Å². The molecule has 3 aromatic rings. The zero-order valence-electron chi connectivity index (χ0n) is 17.4. The van der Waals surface area contributed by atoms with Crippen LogP contribution < -0.4 is 15.4 Å². The molecule has 156 valence electrons. The number of carbonyl (C=O) groups is 1. The van der Waals surface area contributed by atoms with Crippen molar-refractivity contribution in [3.05, 3.63) is 53.4 Å². The highest BCUT2D eigenvalue weighted by molar-refractivity contribution is 6.03. The van der Waals surface area contributed by atoms with Crippen molar-refractivity contribution in [3.63, 3.8) is 0 Å². The van der Waals surface area contributed by atoms with E-state index in [-0.39, 0.29) is 17.8 Å². The summed E-state index contributed by atoms with van der Waals surface area (Å²) in [6.45, 7) is 7.49. The fourth-order valence-electron chi connectivity index (χ4n) is 3.69. The van der Waals surface area contributed by atoms with Crippen LogP contribution in [0, 0.1) is 20.8 Å². The van der Waals surface area contributed by atoms with E-state index in [1.54, 1.807) is 13.3 Å². The van der Waals surface area contributed by atoms with Gasteiger partial charge < -0.3 is 19.9 Å². The van der Waals surface area contributed by atoms with Crippen LogP contribution in [0.2, 0.25) is 0 Å². The summed E-state index contributed by atoms with van der Waals surface area (Å²) in [5.41, 5.74) is 4.77. The molecule has 1 aromatic carbocycles. The Kier molecular flexibility index (Phi) is 5.76. The molecule has 8 nitrogen and oxygen atoms in total. The van der Waals surface area contributed by atoms with Crippen LogP contribution in [0.1, 0.15) is 40.3 Å². The maximum Gasteiger partial charge on any atom is 0.294 e. The van der Waals surface area contributed by atoms with Gasteiger partial charge in [-0.25, -0.2) is 9.97 Å². The van der Waals surface area contributed by atoms with E-state index in [2.05, 4.69) is 25.8 Å². The fraction of sp³-hybridized carbons (Fsp3) is 0.364. The highest BCUT2D eigenvalue weighted by Gasteiger charge is 2.21. The number of rotatable bonds is 5. The zero-order chi connectivity index (χ0) is 21.1. The number of benzene rings is 1. The van der Waals surface area contributed by atoms with E-state index in [1.165, 1.54) is 6.20 Å². The van der Waals surface area contributed by atoms with E-state index < -0.39 is 0 Å². The lowest BCUT2D eigenvalue weighted by molar-refractivity contribution is 0.0987. The Bertz CT molecular complexity index is 1040. The lowest BCUT2D eigenvalue weighted by Crippen LogP contribution is -2.37. The first kappa shape index (κ1) is 20.0. The van der Waals surface area contributed by atoms with Crippen molar-refractivity contribution in [2.24, 2.45) is 0 Å². The summed E-state index contributed by atoms with van der Waals surface area (Å²) in [5.74, 6) is 0.595. The first-order valence-corrected chi connectivity index (χ1v) is 10.1. The molecule has 0 unspecified atom stereocenters. The van der Waals surface area contributed by atoms with Crippen LogP contribution in [0.3, 0.4) is 0 Å². The lowest BCUT2D eigenvalue weighted by Gasteiger charge is -2.26. The third kappa shape index (κ3) is 4.18. The minimum Gasteiger partial charge on any atom is -0.488 e. The molecule has 4 rings (SSSR count). The summed E-state index contributed by atoms with van der Waals surface area (Å²) in [6.07, 6.45) is 5.25. The number of amides is 1. The van der Waals surface area contributed by atoms with Gasteiger partial charge >= 0.3 is 0 Å². The maximum atomic E-state index is 12.6. The second kappa shape index (κ2) is 8.62. The summed E-state index contributed by atoms with van der Waals surface area (Å²) < 4.78 is 11.4. The monoisotopic (exact) mass is 407 g/mol. The van der Waals surface area contributed by atoms with Crippen molar-refractivity contribution >= 4 is 11.6 Å². The van der Waals surface area contributed by atoms with E-state index in [9.17, 15) is 4.79 Å². The van der Waals surface area contributed by atoms with Crippen LogP contribution in [0.25, 0.3) is 11.1 Å². The summed E-state index contributed by atoms with van der Waals surface area (Å²) in [5, 5.41) is 9.93. The van der Waals surface area contributed by atoms with Crippen LogP contribution in [0.5, 0.6) is 5.75 Å². The summed E-state index contributed by atoms with van der Waals surface area (Å²) >= 11 is 0. The van der Waals surface area contributed by atoms with E-state index in [1.807, 2.05) is 32.0 Å². The Morgan fingerprint density at radius 2 is 2.03 bits per heavy atom. The van der Waals surface area contributed by atoms with Gasteiger partial charge in [-0.05, 0) is 58.4 Å². The third-order valence-corrected chi connectivity index (χ3v) is 5.23. The van der Waals surface area contributed by atoms with Crippen LogP contribution >= 0.6 is 0 Å². The predicted octanol–water partition coefficient (Wildman–Crippen LogP) is 3.44. The van der Waals surface area contributed by atoms with E-state index in [4.69, 9.17) is 9.26 Å². The smallest absolute Gasteiger partial charge is 0.294 e. The van der Waals surface area contributed by atoms with Gasteiger partial charge in [-0.1, -0.05) is 5.16 Å². The van der Waals surface area contributed by atoms with Crippen LogP contribution in [0.4, 0.5) is 5.69 Å². The average Bonchev–Trinajstić information content (AvgIpc) is 3.16. The summed E-state index contributed by atoms with van der Waals surface area (Å²) in [4.78, 5) is 21.3. The third-order valence-electron chi connectivity index (χ3n) is 5.23. The molecule has 1 atom stereocenters. The van der Waals surface area contributed by atoms with Crippen LogP contribution in [0.15, 0.2) is 35.2 Å². The number of piperidine rings is 1. The number of aromatic nitrogens is 3. The van der Waals surface area contributed by atoms with Crippen molar-refractivity contribution < 1.29 is 14.1 Å². The molecule has 1 saturated heterocycles. The number of hydrogen-bond acceptors (Lipinski definition) is 7. The molecule has 2 aromatic heterocycles. The minimum atomic E-state index is -0.348. The van der Waals surface area contributed by atoms with Crippen molar-refractivity contribution in [1.29, 1.82) is 0 Å². The molecule has 30 heavy (non-hydrogen) atoms. The second-order valence-corrected chi connectivity index (χ2v) is 7.51. The molecule has 1 amide bonds. The first-order valence-electron chi connectivity index (χ1n) is 10.1. The number of nitrogens with one attached hydrogen (secondary N) is 2. The van der Waals surface area contributed by atoms with E-state index in [0.29, 0.717) is 11.3 Å². The number of nitrogens with zero attached hydrogens (tertiary/aromatic N) is 3. The molecule has 1 aliphatic rings. The summed E-state index contributed by atoms with van der Waals surface area (Å²) in [7, 11) is 0. The molecule has 8 heteroatoms. The molecular formula is C22H25N5O3. The largest absolute Gasteiger partial charge is 0.488 e. The zero-order valence-corrected chi connectivity index (χ0v) is 17.4. The molecular weight excluding hydrogens is 382 g/mol. The molecule has 3 heterocycles. The number of carbonyl (C=O) groups excluding carboxylic acids is 1. The molecule has 0 radical (unpaired) electrons. The Morgan fingerprint density at radius 3 is 2.70 bits per heavy atom. The van der Waals surface area contributed by atoms with Crippen molar-refractivity contribution in [2.45, 2.75) is 39.7 Å². The Labute approximate surface area is 175 Å². The van der Waals surface area contributed by atoms with Crippen molar-refractivity contribution in [3.8, 4) is 16.9 Å². The highest BCUT2D eigenvalue weighted by Crippen LogP contribution is 2.36. The topological polar surface area (TPSA) is 102 Å². The van der Waals surface area contributed by atoms with Crippen molar-refractivity contribution in [2.75, 3.05) is 18.4 Å². The number of ether oxygens (including phenoxy) is 1. The molecule has 1 fully saturated rings. The van der Waals surface area contributed by atoms with E-state index in [0.717, 1.165) is 54.2 Å². The Hall–Kier alpha value is -3.26. The van der Waals surface area contributed by atoms with Crippen LogP contribution in [-0.4, -0.2) is 40.2 Å². The highest BCUT2D eigenvalue weighted by atomic mass is 16.5. The van der Waals surface area contributed by atoms with Gasteiger partial charge in [-0.3, -0.25) is 4.79 Å². The Balaban J connectivity index is 1.70. The normalized spacial score (nSPS) is 16.3. The van der Waals surface area contributed by atoms with Gasteiger partial charge in [-0.2, -0.15) is 0 Å². The molecule has 0 spiro atoms. The van der Waals surface area contributed by atoms with Gasteiger partial charge in [0.05, 0.1) is 6.20 Å². The minimum absolute atomic E-state index is 0.0972. The van der Waals surface area contributed by atoms with Crippen molar-refractivity contribution in [1.82, 2.24) is 20.4 Å². The van der Waals surface area contributed by atoms with Gasteiger partial charge in [0.1, 0.15) is 18.2 Å². The molecule has 1 aliphatic heterocycles. The predicted molar refractivity (Wildman–Crippen MR) is 113 cm³/mol. The SMILES string of the molecule is Cc1cnoc1C(=O)Nc1ccc(O[C@@H]2CCCNC2)c(-c2c(C)ncnc2C)c1. The summed E-state index contributed by atoms with van der Waals surface area (Å²) in [6, 6.07) is 5.61. The Morgan fingerprint density at radius 1 is 1.23 bits per heavy atom. The average molecular weight is 407 g/mol. The van der Waals surface area contributed by atoms with Gasteiger partial charge in [0, 0.05) is 40.3 Å².